The van der Waals surface area contributed by atoms with E-state index in [0.717, 1.165) is 4.47 Å². The first-order chi connectivity index (χ1) is 12.6. The molecule has 3 nitrogen and oxygen atoms in total. The molecule has 0 unspecified atom stereocenters. The van der Waals surface area contributed by atoms with Crippen molar-refractivity contribution in [3.8, 4) is 5.75 Å². The van der Waals surface area contributed by atoms with Crippen LogP contribution in [0.5, 0.6) is 5.75 Å². The highest BCUT2D eigenvalue weighted by Crippen LogP contribution is 2.21. The third-order valence-corrected chi connectivity index (χ3v) is 4.20. The first-order valence-corrected chi connectivity index (χ1v) is 8.77. The molecule has 128 valence electrons. The molecule has 0 radical (unpaired) electrons. The van der Waals surface area contributed by atoms with Gasteiger partial charge < -0.3 is 4.74 Å². The minimum Gasteiger partial charge on any atom is -0.422 e. The van der Waals surface area contributed by atoms with Gasteiger partial charge >= 0.3 is 5.97 Å². The van der Waals surface area contributed by atoms with Crippen LogP contribution in [-0.4, -0.2) is 11.8 Å². The van der Waals surface area contributed by atoms with Gasteiger partial charge in [0.15, 0.2) is 5.78 Å². The molecule has 3 aromatic carbocycles. The molecule has 0 amide bonds. The fourth-order valence-electron chi connectivity index (χ4n) is 2.32. The van der Waals surface area contributed by atoms with Gasteiger partial charge in [0.2, 0.25) is 0 Å². The standard InChI is InChI=1S/C22H15BrO3/c23-19-13-10-18(11-14-19)22(25)26-21-9-5-4-8-17(21)12-15-20(24)16-6-2-1-3-7-16/h1-15H/b15-12+. The molecule has 0 aliphatic heterocycles. The highest BCUT2D eigenvalue weighted by atomic mass is 79.9. The SMILES string of the molecule is O=C(/C=C/c1ccccc1OC(=O)c1ccc(Br)cc1)c1ccccc1. The van der Waals surface area contributed by atoms with Crippen LogP contribution in [0.4, 0.5) is 0 Å². The molecule has 0 atom stereocenters. The van der Waals surface area contributed by atoms with Crippen molar-refractivity contribution >= 4 is 33.8 Å². The van der Waals surface area contributed by atoms with E-state index in [1.54, 1.807) is 60.7 Å². The topological polar surface area (TPSA) is 43.4 Å². The van der Waals surface area contributed by atoms with E-state index in [0.29, 0.717) is 22.4 Å². The van der Waals surface area contributed by atoms with Crippen molar-refractivity contribution in [2.45, 2.75) is 0 Å². The number of esters is 1. The summed E-state index contributed by atoms with van der Waals surface area (Å²) in [6.45, 7) is 0. The van der Waals surface area contributed by atoms with Gasteiger partial charge in [0.25, 0.3) is 0 Å². The Kier molecular flexibility index (Phi) is 5.77. The zero-order valence-electron chi connectivity index (χ0n) is 13.8. The van der Waals surface area contributed by atoms with Crippen LogP contribution in [0.15, 0.2) is 89.4 Å². The number of hydrogen-bond acceptors (Lipinski definition) is 3. The lowest BCUT2D eigenvalue weighted by atomic mass is 10.1. The fourth-order valence-corrected chi connectivity index (χ4v) is 2.58. The van der Waals surface area contributed by atoms with Crippen molar-refractivity contribution in [3.05, 3.63) is 106 Å². The Labute approximate surface area is 160 Å². The Hall–Kier alpha value is -2.98. The van der Waals surface area contributed by atoms with E-state index in [2.05, 4.69) is 15.9 Å². The van der Waals surface area contributed by atoms with Gasteiger partial charge in [-0.15, -0.1) is 0 Å². The summed E-state index contributed by atoms with van der Waals surface area (Å²) in [5, 5.41) is 0. The molecular weight excluding hydrogens is 392 g/mol. The van der Waals surface area contributed by atoms with Crippen LogP contribution in [-0.2, 0) is 0 Å². The van der Waals surface area contributed by atoms with Crippen molar-refractivity contribution in [2.24, 2.45) is 0 Å². The summed E-state index contributed by atoms with van der Waals surface area (Å²) in [5.41, 5.74) is 1.71. The summed E-state index contributed by atoms with van der Waals surface area (Å²) in [6, 6.07) is 23.0. The summed E-state index contributed by atoms with van der Waals surface area (Å²) in [4.78, 5) is 24.5. The maximum Gasteiger partial charge on any atom is 0.343 e. The smallest absolute Gasteiger partial charge is 0.343 e. The van der Waals surface area contributed by atoms with Gasteiger partial charge in [-0.3, -0.25) is 4.79 Å². The van der Waals surface area contributed by atoms with Gasteiger partial charge in [0, 0.05) is 15.6 Å². The van der Waals surface area contributed by atoms with E-state index in [4.69, 9.17) is 4.74 Å². The molecule has 0 aliphatic carbocycles. The number of ether oxygens (including phenoxy) is 1. The quantitative estimate of drug-likeness (QED) is 0.241. The maximum absolute atomic E-state index is 12.3. The number of benzene rings is 3. The van der Waals surface area contributed by atoms with Crippen LogP contribution >= 0.6 is 15.9 Å². The molecule has 3 rings (SSSR count). The predicted octanol–water partition coefficient (Wildman–Crippen LogP) is 5.56. The van der Waals surface area contributed by atoms with Crippen molar-refractivity contribution in [1.82, 2.24) is 0 Å². The number of ketones is 1. The Balaban J connectivity index is 1.78. The van der Waals surface area contributed by atoms with Gasteiger partial charge in [0.1, 0.15) is 5.75 Å². The number of halogens is 1. The summed E-state index contributed by atoms with van der Waals surface area (Å²) < 4.78 is 6.38. The van der Waals surface area contributed by atoms with Gasteiger partial charge in [-0.2, -0.15) is 0 Å². The Bertz CT molecular complexity index is 945. The summed E-state index contributed by atoms with van der Waals surface area (Å²) in [6.07, 6.45) is 3.13. The number of hydrogen-bond donors (Lipinski definition) is 0. The van der Waals surface area contributed by atoms with E-state index in [1.165, 1.54) is 6.08 Å². The first-order valence-electron chi connectivity index (χ1n) is 7.98. The van der Waals surface area contributed by atoms with E-state index < -0.39 is 5.97 Å². The van der Waals surface area contributed by atoms with Gasteiger partial charge in [0.05, 0.1) is 5.56 Å². The van der Waals surface area contributed by atoms with Crippen molar-refractivity contribution < 1.29 is 14.3 Å². The van der Waals surface area contributed by atoms with Crippen LogP contribution in [0.25, 0.3) is 6.08 Å². The molecule has 0 fully saturated rings. The lowest BCUT2D eigenvalue weighted by Gasteiger charge is -2.07. The van der Waals surface area contributed by atoms with E-state index in [-0.39, 0.29) is 5.78 Å². The number of carbonyl (C=O) groups excluding carboxylic acids is 2. The maximum atomic E-state index is 12.3. The minimum absolute atomic E-state index is 0.111. The summed E-state index contributed by atoms with van der Waals surface area (Å²) >= 11 is 3.33. The highest BCUT2D eigenvalue weighted by molar-refractivity contribution is 9.10. The second-order valence-electron chi connectivity index (χ2n) is 5.50. The molecule has 0 aliphatic rings. The third-order valence-electron chi connectivity index (χ3n) is 3.67. The molecular formula is C22H15BrO3. The highest BCUT2D eigenvalue weighted by Gasteiger charge is 2.10. The summed E-state index contributed by atoms with van der Waals surface area (Å²) in [5.74, 6) is -0.162. The zero-order valence-corrected chi connectivity index (χ0v) is 15.3. The average Bonchev–Trinajstić information content (AvgIpc) is 2.68. The third kappa shape index (κ3) is 4.55. The van der Waals surface area contributed by atoms with Gasteiger partial charge in [-0.05, 0) is 42.5 Å². The van der Waals surface area contributed by atoms with Crippen molar-refractivity contribution in [3.63, 3.8) is 0 Å². The largest absolute Gasteiger partial charge is 0.422 e. The van der Waals surface area contributed by atoms with Crippen LogP contribution in [0.1, 0.15) is 26.3 Å². The Morgan fingerprint density at radius 2 is 1.42 bits per heavy atom. The lowest BCUT2D eigenvalue weighted by molar-refractivity contribution is 0.0734. The predicted molar refractivity (Wildman–Crippen MR) is 105 cm³/mol. The molecule has 0 N–H and O–H groups in total. The Morgan fingerprint density at radius 3 is 2.15 bits per heavy atom. The second-order valence-corrected chi connectivity index (χ2v) is 6.41. The first kappa shape index (κ1) is 17.8. The van der Waals surface area contributed by atoms with E-state index >= 15 is 0 Å². The Morgan fingerprint density at radius 1 is 0.769 bits per heavy atom. The second kappa shape index (κ2) is 8.41. The molecule has 4 heteroatoms. The zero-order chi connectivity index (χ0) is 18.4. The van der Waals surface area contributed by atoms with Gasteiger partial charge in [-0.1, -0.05) is 64.5 Å². The lowest BCUT2D eigenvalue weighted by Crippen LogP contribution is -2.09. The van der Waals surface area contributed by atoms with Crippen molar-refractivity contribution in [1.29, 1.82) is 0 Å². The normalized spacial score (nSPS) is 10.7. The van der Waals surface area contributed by atoms with E-state index in [9.17, 15) is 9.59 Å². The molecule has 0 saturated heterocycles. The van der Waals surface area contributed by atoms with Crippen LogP contribution in [0, 0.1) is 0 Å². The molecule has 0 bridgehead atoms. The number of carbonyl (C=O) groups is 2. The average molecular weight is 407 g/mol. The van der Waals surface area contributed by atoms with Crippen LogP contribution < -0.4 is 4.74 Å². The molecule has 0 saturated carbocycles. The fraction of sp³-hybridized carbons (Fsp3) is 0. The van der Waals surface area contributed by atoms with Crippen molar-refractivity contribution in [2.75, 3.05) is 0 Å². The molecule has 0 heterocycles. The monoisotopic (exact) mass is 406 g/mol. The van der Waals surface area contributed by atoms with Crippen LogP contribution in [0.3, 0.4) is 0 Å². The number of rotatable bonds is 5. The van der Waals surface area contributed by atoms with Gasteiger partial charge in [-0.25, -0.2) is 4.79 Å². The molecule has 0 aromatic heterocycles. The molecule has 0 spiro atoms. The molecule has 26 heavy (non-hydrogen) atoms. The minimum atomic E-state index is -0.451. The van der Waals surface area contributed by atoms with E-state index in [1.807, 2.05) is 24.3 Å². The molecule has 3 aromatic rings. The van der Waals surface area contributed by atoms with Crippen LogP contribution in [0.2, 0.25) is 0 Å². The number of para-hydroxylation sites is 1. The summed E-state index contributed by atoms with van der Waals surface area (Å²) in [7, 11) is 0. The number of allylic oxidation sites excluding steroid dienone is 1.